The topological polar surface area (TPSA) is 52.3 Å². The predicted octanol–water partition coefficient (Wildman–Crippen LogP) is 2.64. The van der Waals surface area contributed by atoms with Crippen molar-refractivity contribution in [2.45, 2.75) is 19.2 Å². The molecule has 1 atom stereocenters. The second-order valence-electron chi connectivity index (χ2n) is 6.62. The van der Waals surface area contributed by atoms with E-state index in [1.807, 2.05) is 53.0 Å². The van der Waals surface area contributed by atoms with Crippen molar-refractivity contribution in [3.05, 3.63) is 78.1 Å². The van der Waals surface area contributed by atoms with E-state index in [2.05, 4.69) is 21.8 Å². The molecule has 3 aromatic heterocycles. The Morgan fingerprint density at radius 1 is 1.19 bits per heavy atom. The molecule has 0 aromatic carbocycles. The molecule has 0 radical (unpaired) electrons. The first kappa shape index (κ1) is 16.6. The lowest BCUT2D eigenvalue weighted by Gasteiger charge is -2.35. The van der Waals surface area contributed by atoms with Crippen LogP contribution in [0.25, 0.3) is 0 Å². The number of amides is 1. The number of carbonyl (C=O) groups is 1. The highest BCUT2D eigenvalue weighted by molar-refractivity contribution is 5.92. The van der Waals surface area contributed by atoms with Crippen molar-refractivity contribution >= 4 is 5.91 Å². The van der Waals surface area contributed by atoms with E-state index in [1.165, 1.54) is 0 Å². The molecule has 4 heterocycles. The maximum atomic E-state index is 12.9. The van der Waals surface area contributed by atoms with Crippen LogP contribution in [-0.2, 0) is 24.9 Å². The van der Waals surface area contributed by atoms with Crippen molar-refractivity contribution in [1.82, 2.24) is 19.0 Å². The lowest BCUT2D eigenvalue weighted by molar-refractivity contribution is 0.0475. The van der Waals surface area contributed by atoms with Gasteiger partial charge in [-0.05, 0) is 42.0 Å². The molecule has 26 heavy (non-hydrogen) atoms. The molecule has 1 amide bonds. The van der Waals surface area contributed by atoms with Crippen molar-refractivity contribution in [2.75, 3.05) is 13.2 Å². The molecule has 0 bridgehead atoms. The summed E-state index contributed by atoms with van der Waals surface area (Å²) in [6.45, 7) is 2.36. The fourth-order valence-corrected chi connectivity index (χ4v) is 3.45. The second-order valence-corrected chi connectivity index (χ2v) is 6.62. The molecule has 0 saturated carbocycles. The number of hydrogen-bond acceptors (Lipinski definition) is 3. The summed E-state index contributed by atoms with van der Waals surface area (Å²) in [5.41, 5.74) is 2.94. The van der Waals surface area contributed by atoms with Gasteiger partial charge in [0.05, 0.1) is 25.8 Å². The number of nitrogens with zero attached hydrogens (tertiary/aromatic N) is 4. The Morgan fingerprint density at radius 2 is 2.00 bits per heavy atom. The molecule has 3 aromatic rings. The zero-order valence-electron chi connectivity index (χ0n) is 14.8. The van der Waals surface area contributed by atoms with Gasteiger partial charge in [0.1, 0.15) is 5.69 Å². The number of rotatable bonds is 5. The first-order valence-corrected chi connectivity index (χ1v) is 8.75. The van der Waals surface area contributed by atoms with Gasteiger partial charge in [0.25, 0.3) is 5.91 Å². The summed E-state index contributed by atoms with van der Waals surface area (Å²) in [6, 6.07) is 11.9. The third kappa shape index (κ3) is 3.28. The van der Waals surface area contributed by atoms with Gasteiger partial charge in [-0.1, -0.05) is 0 Å². The lowest BCUT2D eigenvalue weighted by Crippen LogP contribution is -2.42. The smallest absolute Gasteiger partial charge is 0.270 e. The molecular weight excluding hydrogens is 328 g/mol. The van der Waals surface area contributed by atoms with Gasteiger partial charge in [-0.25, -0.2) is 0 Å². The van der Waals surface area contributed by atoms with Crippen LogP contribution < -0.4 is 0 Å². The number of aromatic nitrogens is 3. The minimum Gasteiger partial charge on any atom is -0.375 e. The molecule has 0 aliphatic carbocycles. The van der Waals surface area contributed by atoms with Crippen molar-refractivity contribution in [2.24, 2.45) is 7.05 Å². The monoisotopic (exact) mass is 350 g/mol. The molecule has 0 fully saturated rings. The molecule has 1 aliphatic heterocycles. The summed E-state index contributed by atoms with van der Waals surface area (Å²) in [5.74, 6) is 0.0593. The third-order valence-electron chi connectivity index (χ3n) is 4.82. The first-order chi connectivity index (χ1) is 12.7. The number of ether oxygens (including phenoxy) is 1. The highest BCUT2D eigenvalue weighted by Crippen LogP contribution is 2.24. The van der Waals surface area contributed by atoms with Crippen LogP contribution in [-0.4, -0.2) is 38.1 Å². The zero-order chi connectivity index (χ0) is 17.9. The SMILES string of the molecule is Cn1cccc1C(=O)N1Cc2cccn2[C@H](COCc2ccncc2)C1. The molecule has 1 aliphatic rings. The minimum absolute atomic E-state index is 0.0593. The van der Waals surface area contributed by atoms with E-state index in [1.54, 1.807) is 12.4 Å². The van der Waals surface area contributed by atoms with E-state index in [0.29, 0.717) is 32.0 Å². The molecule has 6 nitrogen and oxygen atoms in total. The standard InChI is InChI=1S/C20H22N4O2/c1-22-10-3-5-19(22)20(25)23-12-17-4-2-11-24(17)18(13-23)15-26-14-16-6-8-21-9-7-16/h2-11,18H,12-15H2,1H3/t18-/m0/s1. The Morgan fingerprint density at radius 3 is 2.77 bits per heavy atom. The largest absolute Gasteiger partial charge is 0.375 e. The Bertz CT molecular complexity index is 884. The Hall–Kier alpha value is -2.86. The van der Waals surface area contributed by atoms with E-state index in [4.69, 9.17) is 4.74 Å². The summed E-state index contributed by atoms with van der Waals surface area (Å²) in [7, 11) is 1.90. The Labute approximate surface area is 152 Å². The summed E-state index contributed by atoms with van der Waals surface area (Å²) in [4.78, 5) is 18.8. The second kappa shape index (κ2) is 7.17. The van der Waals surface area contributed by atoms with E-state index >= 15 is 0 Å². The summed E-state index contributed by atoms with van der Waals surface area (Å²) in [6.07, 6.45) is 7.50. The average molecular weight is 350 g/mol. The van der Waals surface area contributed by atoms with Crippen LogP contribution in [0.4, 0.5) is 0 Å². The normalized spacial score (nSPS) is 16.5. The lowest BCUT2D eigenvalue weighted by atomic mass is 10.1. The number of aryl methyl sites for hydroxylation is 1. The number of fused-ring (bicyclic) bond motifs is 1. The number of carbonyl (C=O) groups excluding carboxylic acids is 1. The maximum absolute atomic E-state index is 12.9. The van der Waals surface area contributed by atoms with Crippen LogP contribution in [0.5, 0.6) is 0 Å². The van der Waals surface area contributed by atoms with Crippen LogP contribution in [0.15, 0.2) is 61.2 Å². The molecular formula is C20H22N4O2. The quantitative estimate of drug-likeness (QED) is 0.711. The van der Waals surface area contributed by atoms with E-state index in [9.17, 15) is 4.79 Å². The van der Waals surface area contributed by atoms with Gasteiger partial charge < -0.3 is 18.8 Å². The van der Waals surface area contributed by atoms with Crippen LogP contribution in [0.1, 0.15) is 27.8 Å². The molecule has 0 N–H and O–H groups in total. The van der Waals surface area contributed by atoms with Gasteiger partial charge in [0.15, 0.2) is 0 Å². The molecule has 0 unspecified atom stereocenters. The number of hydrogen-bond donors (Lipinski definition) is 0. The summed E-state index contributed by atoms with van der Waals surface area (Å²) < 4.78 is 10.0. The summed E-state index contributed by atoms with van der Waals surface area (Å²) >= 11 is 0. The fourth-order valence-electron chi connectivity index (χ4n) is 3.45. The molecule has 4 rings (SSSR count). The molecule has 0 saturated heterocycles. The van der Waals surface area contributed by atoms with Gasteiger partial charge in [-0.2, -0.15) is 0 Å². The predicted molar refractivity (Wildman–Crippen MR) is 97.5 cm³/mol. The van der Waals surface area contributed by atoms with Gasteiger partial charge in [0.2, 0.25) is 0 Å². The van der Waals surface area contributed by atoms with Crippen molar-refractivity contribution in [1.29, 1.82) is 0 Å². The zero-order valence-corrected chi connectivity index (χ0v) is 14.8. The highest BCUT2D eigenvalue weighted by atomic mass is 16.5. The first-order valence-electron chi connectivity index (χ1n) is 8.75. The van der Waals surface area contributed by atoms with Gasteiger partial charge in [-0.15, -0.1) is 0 Å². The Balaban J connectivity index is 1.46. The van der Waals surface area contributed by atoms with Gasteiger partial charge in [-0.3, -0.25) is 9.78 Å². The van der Waals surface area contributed by atoms with Crippen molar-refractivity contribution in [3.8, 4) is 0 Å². The highest BCUT2D eigenvalue weighted by Gasteiger charge is 2.29. The van der Waals surface area contributed by atoms with Crippen molar-refractivity contribution < 1.29 is 9.53 Å². The number of pyridine rings is 1. The fraction of sp³-hybridized carbons (Fsp3) is 0.300. The molecule has 6 heteroatoms. The van der Waals surface area contributed by atoms with E-state index < -0.39 is 0 Å². The van der Waals surface area contributed by atoms with Crippen LogP contribution in [0, 0.1) is 0 Å². The van der Waals surface area contributed by atoms with Gasteiger partial charge in [0, 0.05) is 44.1 Å². The van der Waals surface area contributed by atoms with Gasteiger partial charge >= 0.3 is 0 Å². The van der Waals surface area contributed by atoms with E-state index in [0.717, 1.165) is 11.3 Å². The van der Waals surface area contributed by atoms with Crippen molar-refractivity contribution in [3.63, 3.8) is 0 Å². The minimum atomic E-state index is 0.0593. The van der Waals surface area contributed by atoms with E-state index in [-0.39, 0.29) is 11.9 Å². The Kier molecular flexibility index (Phi) is 4.58. The molecule has 134 valence electrons. The van der Waals surface area contributed by atoms with Crippen LogP contribution >= 0.6 is 0 Å². The average Bonchev–Trinajstić information content (AvgIpc) is 3.30. The maximum Gasteiger partial charge on any atom is 0.270 e. The van der Waals surface area contributed by atoms with Crippen LogP contribution in [0.3, 0.4) is 0 Å². The molecule has 0 spiro atoms. The summed E-state index contributed by atoms with van der Waals surface area (Å²) in [5, 5.41) is 0. The third-order valence-corrected chi connectivity index (χ3v) is 4.82. The van der Waals surface area contributed by atoms with Crippen LogP contribution in [0.2, 0.25) is 0 Å².